The number of carboxylic acids is 1. The number of carbonyl (C=O) groups excluding carboxylic acids is 2. The highest BCUT2D eigenvalue weighted by Crippen LogP contribution is 2.31. The van der Waals surface area contributed by atoms with Crippen LogP contribution in [0, 0.1) is 5.82 Å². The number of carbonyl (C=O) groups is 2. The van der Waals surface area contributed by atoms with Crippen LogP contribution in [0.2, 0.25) is 0 Å². The van der Waals surface area contributed by atoms with Gasteiger partial charge in [-0.1, -0.05) is 18.2 Å². The second-order valence-electron chi connectivity index (χ2n) is 7.37. The Morgan fingerprint density at radius 1 is 0.973 bits per heavy atom. The summed E-state index contributed by atoms with van der Waals surface area (Å²) in [7, 11) is 0. The third-order valence-corrected chi connectivity index (χ3v) is 4.80. The molecule has 0 aliphatic heterocycles. The number of carboxylic acid groups (broad SMARTS) is 1. The van der Waals surface area contributed by atoms with Gasteiger partial charge in [-0.15, -0.1) is 0 Å². The van der Waals surface area contributed by atoms with Gasteiger partial charge in [0, 0.05) is 12.1 Å². The summed E-state index contributed by atoms with van der Waals surface area (Å²) in [6.07, 6.45) is -6.92. The maximum absolute atomic E-state index is 13.7. The van der Waals surface area contributed by atoms with Gasteiger partial charge in [-0.25, -0.2) is 14.4 Å². The third-order valence-electron chi connectivity index (χ3n) is 4.80. The number of fused-ring (bicyclic) bond motifs is 1. The van der Waals surface area contributed by atoms with Crippen molar-refractivity contribution < 1.29 is 54.8 Å². The first-order chi connectivity index (χ1) is 17.3. The molecule has 0 aliphatic carbocycles. The predicted octanol–water partition coefficient (Wildman–Crippen LogP) is 2.71. The Morgan fingerprint density at radius 2 is 1.65 bits per heavy atom. The molecule has 7 nitrogen and oxygen atoms in total. The van der Waals surface area contributed by atoms with Crippen molar-refractivity contribution in [2.24, 2.45) is 0 Å². The number of aromatic nitrogens is 3. The number of benzene rings is 1. The lowest BCUT2D eigenvalue weighted by molar-refractivity contribution is -0.498. The lowest BCUT2D eigenvalue weighted by Gasteiger charge is -2.17. The van der Waals surface area contributed by atoms with Crippen molar-refractivity contribution in [2.75, 3.05) is 0 Å². The van der Waals surface area contributed by atoms with Crippen molar-refractivity contribution in [3.05, 3.63) is 90.3 Å². The lowest BCUT2D eigenvalue weighted by Crippen LogP contribution is -2.41. The number of pyridine rings is 2. The maximum Gasteiger partial charge on any atom is 0.430 e. The molecule has 1 amide bonds. The minimum Gasteiger partial charge on any atom is -0.542 e. The number of amides is 1. The largest absolute Gasteiger partial charge is 0.542 e. The third kappa shape index (κ3) is 6.59. The van der Waals surface area contributed by atoms with Crippen LogP contribution in [0.5, 0.6) is 0 Å². The fourth-order valence-electron chi connectivity index (χ4n) is 3.23. The van der Waals surface area contributed by atoms with Crippen molar-refractivity contribution in [1.82, 2.24) is 10.3 Å². The lowest BCUT2D eigenvalue weighted by atomic mass is 10.1. The second-order valence-corrected chi connectivity index (χ2v) is 7.37. The van der Waals surface area contributed by atoms with E-state index in [1.807, 2.05) is 5.32 Å². The molecule has 1 unspecified atom stereocenters. The van der Waals surface area contributed by atoms with Crippen LogP contribution in [0.15, 0.2) is 73.1 Å². The van der Waals surface area contributed by atoms with Crippen molar-refractivity contribution >= 4 is 17.4 Å². The van der Waals surface area contributed by atoms with Gasteiger partial charge >= 0.3 is 12.4 Å². The Hall–Kier alpha value is -4.49. The van der Waals surface area contributed by atoms with Gasteiger partial charge in [0.1, 0.15) is 11.8 Å². The van der Waals surface area contributed by atoms with E-state index >= 15 is 0 Å². The first kappa shape index (κ1) is 27.1. The highest BCUT2D eigenvalue weighted by molar-refractivity contribution is 5.98. The average molecular weight is 529 g/mol. The molecule has 3 N–H and O–H groups in total. The number of halogens is 7. The van der Waals surface area contributed by atoms with E-state index in [-0.39, 0.29) is 11.4 Å². The fraction of sp³-hybridized carbons (Fsp3) is 0.130. The number of alkyl halides is 6. The number of aromatic amines is 2. The molecule has 3 aromatic heterocycles. The van der Waals surface area contributed by atoms with Crippen LogP contribution in [0.4, 0.5) is 30.7 Å². The molecular weight excluding hydrogens is 513 g/mol. The van der Waals surface area contributed by atoms with Gasteiger partial charge in [0.25, 0.3) is 11.7 Å². The summed E-state index contributed by atoms with van der Waals surface area (Å²) < 4.78 is 87.7. The molecule has 0 saturated heterocycles. The first-order valence-electron chi connectivity index (χ1n) is 10.2. The van der Waals surface area contributed by atoms with Gasteiger partial charge < -0.3 is 15.2 Å². The van der Waals surface area contributed by atoms with E-state index < -0.39 is 36.1 Å². The van der Waals surface area contributed by atoms with Crippen LogP contribution < -0.4 is 19.8 Å². The maximum atomic E-state index is 13.7. The van der Waals surface area contributed by atoms with Crippen LogP contribution >= 0.6 is 0 Å². The Labute approximate surface area is 203 Å². The van der Waals surface area contributed by atoms with Crippen molar-refractivity contribution in [3.63, 3.8) is 0 Å². The SMILES string of the molecule is O=C(NC(c1cccc[nH+]1)C(F)(F)F)c1[nH]c(-c2cccc(F)c2)[n+]2ccccc12.O=C([O-])C(F)(F)F. The minimum atomic E-state index is -5.19. The topological polar surface area (TPSA) is 103 Å². The van der Waals surface area contributed by atoms with E-state index in [0.29, 0.717) is 16.9 Å². The Balaban J connectivity index is 0.000000479. The molecule has 0 bridgehead atoms. The van der Waals surface area contributed by atoms with E-state index in [9.17, 15) is 35.5 Å². The van der Waals surface area contributed by atoms with Gasteiger partial charge in [0.05, 0.1) is 11.8 Å². The zero-order valence-corrected chi connectivity index (χ0v) is 18.3. The average Bonchev–Trinajstić information content (AvgIpc) is 3.22. The standard InChI is InChI=1S/C21H14F4N4O.C2HF3O2/c22-14-7-5-6-13(12-14)19-27-17(16-9-2-4-11-29(16)19)20(30)28-18(21(23,24)25)15-8-1-3-10-26-15;3-2(4,5)1(6)7/h1-12,18H,(H,28,30);(H,6,7)/p+1. The molecule has 4 rings (SSSR count). The number of nitrogens with zero attached hydrogens (tertiary/aromatic N) is 1. The van der Waals surface area contributed by atoms with Crippen molar-refractivity contribution in [2.45, 2.75) is 18.4 Å². The van der Waals surface area contributed by atoms with E-state index in [2.05, 4.69) is 9.97 Å². The summed E-state index contributed by atoms with van der Waals surface area (Å²) in [5.41, 5.74) is 0.526. The summed E-state index contributed by atoms with van der Waals surface area (Å²) in [6.45, 7) is 0. The van der Waals surface area contributed by atoms with Gasteiger partial charge in [-0.3, -0.25) is 4.79 Å². The smallest absolute Gasteiger partial charge is 0.430 e. The summed E-state index contributed by atoms with van der Waals surface area (Å²) in [5.74, 6) is -4.06. The fourth-order valence-corrected chi connectivity index (χ4v) is 3.23. The molecule has 1 aromatic carbocycles. The zero-order valence-electron chi connectivity index (χ0n) is 18.3. The zero-order chi connectivity index (χ0) is 27.4. The summed E-state index contributed by atoms with van der Waals surface area (Å²) in [6, 6.07) is 12.6. The van der Waals surface area contributed by atoms with Crippen LogP contribution in [0.3, 0.4) is 0 Å². The van der Waals surface area contributed by atoms with E-state index in [1.165, 1.54) is 36.5 Å². The number of H-pyrrole nitrogens is 2. The molecule has 3 heterocycles. The Kier molecular flexibility index (Phi) is 7.79. The number of aliphatic carboxylic acids is 1. The monoisotopic (exact) mass is 529 g/mol. The Morgan fingerprint density at radius 3 is 2.22 bits per heavy atom. The molecule has 0 fully saturated rings. The predicted molar refractivity (Wildman–Crippen MR) is 110 cm³/mol. The van der Waals surface area contributed by atoms with Gasteiger partial charge in [-0.05, 0) is 30.3 Å². The molecule has 1 atom stereocenters. The van der Waals surface area contributed by atoms with E-state index in [1.54, 1.807) is 40.9 Å². The van der Waals surface area contributed by atoms with Gasteiger partial charge in [0.15, 0.2) is 11.7 Å². The van der Waals surface area contributed by atoms with Crippen LogP contribution in [0.25, 0.3) is 16.9 Å². The molecule has 4 aromatic rings. The summed E-state index contributed by atoms with van der Waals surface area (Å²) >= 11 is 0. The minimum absolute atomic E-state index is 0.0694. The summed E-state index contributed by atoms with van der Waals surface area (Å²) in [4.78, 5) is 27.0. The number of nitrogens with one attached hydrogen (secondary N) is 3. The van der Waals surface area contributed by atoms with Crippen LogP contribution in [0.1, 0.15) is 22.2 Å². The number of hydrogen-bond acceptors (Lipinski definition) is 3. The number of hydrogen-bond donors (Lipinski definition) is 2. The van der Waals surface area contributed by atoms with Gasteiger partial charge in [-0.2, -0.15) is 30.7 Å². The molecule has 194 valence electrons. The molecule has 37 heavy (non-hydrogen) atoms. The van der Waals surface area contributed by atoms with Crippen molar-refractivity contribution in [1.29, 1.82) is 0 Å². The highest BCUT2D eigenvalue weighted by atomic mass is 19.4. The summed E-state index contributed by atoms with van der Waals surface area (Å²) in [5, 5.41) is 10.8. The van der Waals surface area contributed by atoms with Crippen LogP contribution in [-0.2, 0) is 4.79 Å². The van der Waals surface area contributed by atoms with Crippen molar-refractivity contribution in [3.8, 4) is 11.4 Å². The first-order valence-corrected chi connectivity index (χ1v) is 10.2. The quantitative estimate of drug-likeness (QED) is 0.314. The molecule has 0 saturated carbocycles. The molecule has 14 heteroatoms. The second kappa shape index (κ2) is 10.6. The number of rotatable bonds is 4. The normalized spacial score (nSPS) is 12.4. The van der Waals surface area contributed by atoms with Crippen LogP contribution in [-0.4, -0.2) is 29.2 Å². The molecule has 0 radical (unpaired) electrons. The highest BCUT2D eigenvalue weighted by Gasteiger charge is 2.46. The number of imidazole rings is 1. The molecular formula is C23H16F7N4O3+. The molecule has 0 spiro atoms. The molecule has 0 aliphatic rings. The van der Waals surface area contributed by atoms with E-state index in [4.69, 9.17) is 9.90 Å². The van der Waals surface area contributed by atoms with E-state index in [0.717, 1.165) is 0 Å². The Bertz CT molecular complexity index is 1400. The van der Waals surface area contributed by atoms with Gasteiger partial charge in [0.2, 0.25) is 17.4 Å².